The summed E-state index contributed by atoms with van der Waals surface area (Å²) in [5.74, 6) is 0.129. The molecule has 112 valence electrons. The Morgan fingerprint density at radius 3 is 2.63 bits per heavy atom. The summed E-state index contributed by atoms with van der Waals surface area (Å²) in [5, 5.41) is -0.239. The number of rotatable bonds is 4. The van der Waals surface area contributed by atoms with Crippen molar-refractivity contribution in [1.82, 2.24) is 0 Å². The average Bonchev–Trinajstić information content (AvgIpc) is 2.39. The number of nitrogens with two attached hydrogens (primary N) is 1. The molecule has 1 heterocycles. The van der Waals surface area contributed by atoms with Crippen LogP contribution < -0.4 is 5.73 Å². The van der Waals surface area contributed by atoms with Crippen LogP contribution in [0.4, 0.5) is 0 Å². The molecule has 4 nitrogen and oxygen atoms in total. The second kappa shape index (κ2) is 6.10. The number of sulfone groups is 1. The average molecular weight is 289 g/mol. The summed E-state index contributed by atoms with van der Waals surface area (Å²) in [6.45, 7) is 2.53. The third-order valence-corrected chi connectivity index (χ3v) is 7.00. The Morgan fingerprint density at radius 1 is 1.32 bits per heavy atom. The molecule has 0 aromatic carbocycles. The van der Waals surface area contributed by atoms with Crippen molar-refractivity contribution < 1.29 is 13.2 Å². The van der Waals surface area contributed by atoms with Gasteiger partial charge in [0.2, 0.25) is 0 Å². The van der Waals surface area contributed by atoms with E-state index in [4.69, 9.17) is 10.5 Å². The third-order valence-electron chi connectivity index (χ3n) is 4.69. The van der Waals surface area contributed by atoms with Crippen molar-refractivity contribution in [2.24, 2.45) is 5.73 Å². The third kappa shape index (κ3) is 3.70. The molecular weight excluding hydrogens is 262 g/mol. The summed E-state index contributed by atoms with van der Waals surface area (Å²) in [4.78, 5) is 0. The molecule has 1 saturated heterocycles. The maximum absolute atomic E-state index is 12.4. The van der Waals surface area contributed by atoms with E-state index in [1.54, 1.807) is 0 Å². The number of hydrogen-bond donors (Lipinski definition) is 1. The van der Waals surface area contributed by atoms with Crippen LogP contribution in [0.1, 0.15) is 58.3 Å². The first-order valence-corrected chi connectivity index (χ1v) is 9.30. The van der Waals surface area contributed by atoms with Crippen LogP contribution in [0.5, 0.6) is 0 Å². The van der Waals surface area contributed by atoms with E-state index in [2.05, 4.69) is 0 Å². The predicted molar refractivity (Wildman–Crippen MR) is 76.8 cm³/mol. The van der Waals surface area contributed by atoms with Crippen LogP contribution in [-0.2, 0) is 14.6 Å². The highest BCUT2D eigenvalue weighted by atomic mass is 32.2. The highest BCUT2D eigenvalue weighted by molar-refractivity contribution is 7.92. The Hall–Kier alpha value is -0.130. The number of ether oxygens (including phenoxy) is 1. The summed E-state index contributed by atoms with van der Waals surface area (Å²) in [5.41, 5.74) is 5.68. The van der Waals surface area contributed by atoms with Gasteiger partial charge in [0.05, 0.1) is 16.6 Å². The van der Waals surface area contributed by atoms with Gasteiger partial charge in [-0.25, -0.2) is 8.42 Å². The normalized spacial score (nSPS) is 29.3. The first-order valence-electron chi connectivity index (χ1n) is 7.58. The van der Waals surface area contributed by atoms with Crippen LogP contribution in [0.2, 0.25) is 0 Å². The largest absolute Gasteiger partial charge is 0.375 e. The van der Waals surface area contributed by atoms with Crippen molar-refractivity contribution in [3.8, 4) is 0 Å². The molecule has 2 atom stereocenters. The maximum atomic E-state index is 12.4. The van der Waals surface area contributed by atoms with Gasteiger partial charge in [0.15, 0.2) is 9.84 Å². The second-order valence-electron chi connectivity index (χ2n) is 6.20. The number of hydrogen-bond acceptors (Lipinski definition) is 4. The van der Waals surface area contributed by atoms with Crippen LogP contribution >= 0.6 is 0 Å². The first kappa shape index (κ1) is 15.3. The summed E-state index contributed by atoms with van der Waals surface area (Å²) in [6.07, 6.45) is 7.68. The van der Waals surface area contributed by atoms with Gasteiger partial charge in [-0.1, -0.05) is 26.2 Å². The van der Waals surface area contributed by atoms with E-state index >= 15 is 0 Å². The lowest BCUT2D eigenvalue weighted by Crippen LogP contribution is -2.47. The van der Waals surface area contributed by atoms with Gasteiger partial charge in [0, 0.05) is 12.6 Å². The molecule has 1 spiro atoms. The van der Waals surface area contributed by atoms with E-state index in [-0.39, 0.29) is 22.6 Å². The van der Waals surface area contributed by atoms with Crippen LogP contribution in [0, 0.1) is 0 Å². The molecule has 2 N–H and O–H groups in total. The molecule has 0 aromatic heterocycles. The van der Waals surface area contributed by atoms with Crippen molar-refractivity contribution in [3.63, 3.8) is 0 Å². The summed E-state index contributed by atoms with van der Waals surface area (Å²) >= 11 is 0. The quantitative estimate of drug-likeness (QED) is 0.859. The Balaban J connectivity index is 2.04. The van der Waals surface area contributed by atoms with Crippen molar-refractivity contribution in [3.05, 3.63) is 0 Å². The Kier molecular flexibility index (Phi) is 4.90. The van der Waals surface area contributed by atoms with Crippen LogP contribution in [0.3, 0.4) is 0 Å². The minimum absolute atomic E-state index is 0.129. The van der Waals surface area contributed by atoms with Gasteiger partial charge in [0.1, 0.15) is 0 Å². The van der Waals surface area contributed by atoms with Gasteiger partial charge >= 0.3 is 0 Å². The Bertz CT molecular complexity index is 382. The fourth-order valence-electron chi connectivity index (χ4n) is 3.39. The Morgan fingerprint density at radius 2 is 2.00 bits per heavy atom. The van der Waals surface area contributed by atoms with Crippen LogP contribution in [-0.4, -0.2) is 37.7 Å². The van der Waals surface area contributed by atoms with E-state index in [0.29, 0.717) is 25.9 Å². The topological polar surface area (TPSA) is 69.4 Å². The van der Waals surface area contributed by atoms with Crippen LogP contribution in [0.15, 0.2) is 0 Å². The lowest BCUT2D eigenvalue weighted by atomic mass is 9.80. The molecule has 19 heavy (non-hydrogen) atoms. The lowest BCUT2D eigenvalue weighted by Gasteiger charge is -2.43. The molecule has 1 aliphatic carbocycles. The van der Waals surface area contributed by atoms with Crippen molar-refractivity contribution in [1.29, 1.82) is 0 Å². The summed E-state index contributed by atoms with van der Waals surface area (Å²) in [6, 6.07) is -0.227. The zero-order valence-electron chi connectivity index (χ0n) is 11.9. The van der Waals surface area contributed by atoms with Gasteiger partial charge in [-0.3, -0.25) is 0 Å². The van der Waals surface area contributed by atoms with Crippen molar-refractivity contribution in [2.75, 3.05) is 12.4 Å². The molecule has 2 fully saturated rings. The molecule has 0 bridgehead atoms. The minimum Gasteiger partial charge on any atom is -0.375 e. The van der Waals surface area contributed by atoms with Gasteiger partial charge in [-0.15, -0.1) is 0 Å². The fraction of sp³-hybridized carbons (Fsp3) is 1.00. The standard InChI is InChI=1S/C14H27NO3S/c1-2-12(15)11-19(16,17)13-6-9-18-14(10-13)7-4-3-5-8-14/h12-13H,2-11,15H2,1H3. The molecule has 0 aromatic rings. The smallest absolute Gasteiger partial charge is 0.154 e. The van der Waals surface area contributed by atoms with Gasteiger partial charge in [0.25, 0.3) is 0 Å². The second-order valence-corrected chi connectivity index (χ2v) is 8.53. The predicted octanol–water partition coefficient (Wildman–Crippen LogP) is 2.02. The van der Waals surface area contributed by atoms with E-state index in [0.717, 1.165) is 12.8 Å². The SMILES string of the molecule is CCC(N)CS(=O)(=O)C1CCOC2(CCCCC2)C1. The van der Waals surface area contributed by atoms with Gasteiger partial charge in [-0.05, 0) is 32.1 Å². The molecule has 0 radical (unpaired) electrons. The van der Waals surface area contributed by atoms with Crippen molar-refractivity contribution >= 4 is 9.84 Å². The molecular formula is C14H27NO3S. The van der Waals surface area contributed by atoms with E-state index in [1.807, 2.05) is 6.92 Å². The molecule has 5 heteroatoms. The van der Waals surface area contributed by atoms with E-state index in [1.165, 1.54) is 19.3 Å². The highest BCUT2D eigenvalue weighted by Crippen LogP contribution is 2.40. The zero-order valence-corrected chi connectivity index (χ0v) is 12.8. The summed E-state index contributed by atoms with van der Waals surface area (Å²) in [7, 11) is -3.08. The van der Waals surface area contributed by atoms with Gasteiger partial charge in [-0.2, -0.15) is 0 Å². The lowest BCUT2D eigenvalue weighted by molar-refractivity contribution is -0.0979. The molecule has 2 rings (SSSR count). The highest BCUT2D eigenvalue weighted by Gasteiger charge is 2.42. The minimum atomic E-state index is -3.08. The first-order chi connectivity index (χ1) is 8.97. The fourth-order valence-corrected chi connectivity index (χ4v) is 5.50. The molecule has 2 aliphatic rings. The van der Waals surface area contributed by atoms with Crippen LogP contribution in [0.25, 0.3) is 0 Å². The monoisotopic (exact) mass is 289 g/mol. The van der Waals surface area contributed by atoms with E-state index in [9.17, 15) is 8.42 Å². The van der Waals surface area contributed by atoms with Gasteiger partial charge < -0.3 is 10.5 Å². The summed E-state index contributed by atoms with van der Waals surface area (Å²) < 4.78 is 30.9. The van der Waals surface area contributed by atoms with E-state index < -0.39 is 9.84 Å². The maximum Gasteiger partial charge on any atom is 0.154 e. The Labute approximate surface area is 117 Å². The molecule has 1 saturated carbocycles. The molecule has 2 unspecified atom stereocenters. The molecule has 1 aliphatic heterocycles. The zero-order chi connectivity index (χ0) is 13.9. The molecule has 0 amide bonds. The van der Waals surface area contributed by atoms with Crippen molar-refractivity contribution in [2.45, 2.75) is 75.2 Å².